The Labute approximate surface area is 135 Å². The molecule has 2 amide bonds. The van der Waals surface area contributed by atoms with E-state index in [1.807, 2.05) is 13.8 Å². The summed E-state index contributed by atoms with van der Waals surface area (Å²) in [6.45, 7) is 3.36. The number of carbonyl (C=O) groups is 3. The summed E-state index contributed by atoms with van der Waals surface area (Å²) >= 11 is 8.11. The summed E-state index contributed by atoms with van der Waals surface area (Å²) in [5.74, 6) is -2.44. The highest BCUT2D eigenvalue weighted by Crippen LogP contribution is 2.56. The molecular weight excluding hydrogens is 332 g/mol. The molecular formula is C12H14N2O4S3. The van der Waals surface area contributed by atoms with Crippen LogP contribution in [0.15, 0.2) is 0 Å². The summed E-state index contributed by atoms with van der Waals surface area (Å²) in [5.41, 5.74) is -0.432. The zero-order chi connectivity index (χ0) is 15.5. The Morgan fingerprint density at radius 3 is 2.71 bits per heavy atom. The van der Waals surface area contributed by atoms with Crippen molar-refractivity contribution in [2.45, 2.75) is 29.7 Å². The molecule has 0 bridgehead atoms. The number of thiocarbonyl (C=S) groups is 1. The largest absolute Gasteiger partial charge is 0.480 e. The number of rotatable bonds is 2. The quantitative estimate of drug-likeness (QED) is 0.553. The van der Waals surface area contributed by atoms with E-state index in [9.17, 15) is 14.4 Å². The number of carboxylic acid groups (broad SMARTS) is 1. The zero-order valence-corrected chi connectivity index (χ0v) is 13.8. The van der Waals surface area contributed by atoms with Crippen molar-refractivity contribution in [3.63, 3.8) is 0 Å². The first-order chi connectivity index (χ1) is 9.73. The SMILES string of the molecule is CC1(C)[C@@H]2SC(=S)N[C@@H]2S[C@H]2C(=O)N(CC(=O)O)C(=O)[C@@H]21. The number of hydrogen-bond acceptors (Lipinski definition) is 6. The molecule has 0 radical (unpaired) electrons. The molecule has 0 aromatic heterocycles. The van der Waals surface area contributed by atoms with E-state index in [1.165, 1.54) is 23.5 Å². The third-order valence-electron chi connectivity index (χ3n) is 4.23. The molecule has 114 valence electrons. The molecule has 3 saturated heterocycles. The molecule has 3 aliphatic heterocycles. The highest BCUT2D eigenvalue weighted by atomic mass is 32.2. The predicted octanol–water partition coefficient (Wildman–Crippen LogP) is 0.514. The Hall–Kier alpha value is -0.800. The van der Waals surface area contributed by atoms with Crippen LogP contribution in [0.3, 0.4) is 0 Å². The molecule has 0 saturated carbocycles. The van der Waals surface area contributed by atoms with Crippen molar-refractivity contribution in [2.24, 2.45) is 11.3 Å². The van der Waals surface area contributed by atoms with Crippen LogP contribution in [0.1, 0.15) is 13.8 Å². The fourth-order valence-electron chi connectivity index (χ4n) is 3.22. The van der Waals surface area contributed by atoms with Gasteiger partial charge in [0, 0.05) is 5.25 Å². The number of imide groups is 1. The lowest BCUT2D eigenvalue weighted by Gasteiger charge is -2.44. The van der Waals surface area contributed by atoms with Gasteiger partial charge >= 0.3 is 5.97 Å². The van der Waals surface area contributed by atoms with Crippen molar-refractivity contribution < 1.29 is 19.5 Å². The predicted molar refractivity (Wildman–Crippen MR) is 83.9 cm³/mol. The third kappa shape index (κ3) is 2.17. The summed E-state index contributed by atoms with van der Waals surface area (Å²) in [5, 5.41) is 11.6. The standard InChI is InChI=1S/C12H14N2O4S3/c1-12(2)5-6(20-8-7(12)21-11(19)13-8)10(18)14(9(5)17)3-4(15)16/h5-8H,3H2,1-2H3,(H,13,19)(H,15,16)/t5-,6-,7-,8-/m1/s1. The van der Waals surface area contributed by atoms with Crippen LogP contribution in [0.5, 0.6) is 0 Å². The molecule has 0 aliphatic carbocycles. The van der Waals surface area contributed by atoms with Crippen molar-refractivity contribution in [1.29, 1.82) is 0 Å². The number of likely N-dealkylation sites (tertiary alicyclic amines) is 1. The van der Waals surface area contributed by atoms with Crippen LogP contribution >= 0.6 is 35.7 Å². The molecule has 3 rings (SSSR count). The van der Waals surface area contributed by atoms with Crippen molar-refractivity contribution in [1.82, 2.24) is 10.2 Å². The molecule has 0 spiro atoms. The number of nitrogens with zero attached hydrogens (tertiary/aromatic N) is 1. The second-order valence-corrected chi connectivity index (χ2v) is 9.01. The second kappa shape index (κ2) is 4.85. The lowest BCUT2D eigenvalue weighted by atomic mass is 9.74. The first-order valence-electron chi connectivity index (χ1n) is 6.43. The Bertz CT molecular complexity index is 565. The average Bonchev–Trinajstić information content (AvgIpc) is 2.84. The van der Waals surface area contributed by atoms with E-state index < -0.39 is 35.0 Å². The van der Waals surface area contributed by atoms with Gasteiger partial charge in [0.1, 0.15) is 10.9 Å². The van der Waals surface area contributed by atoms with Gasteiger partial charge in [-0.2, -0.15) is 0 Å². The first kappa shape index (κ1) is 15.1. The van der Waals surface area contributed by atoms with Gasteiger partial charge < -0.3 is 10.4 Å². The Morgan fingerprint density at radius 2 is 2.10 bits per heavy atom. The molecule has 2 N–H and O–H groups in total. The molecule has 3 heterocycles. The lowest BCUT2D eigenvalue weighted by Crippen LogP contribution is -2.52. The topological polar surface area (TPSA) is 86.7 Å². The van der Waals surface area contributed by atoms with Gasteiger partial charge in [-0.1, -0.05) is 37.8 Å². The number of thioether (sulfide) groups is 2. The molecule has 3 fully saturated rings. The molecule has 21 heavy (non-hydrogen) atoms. The summed E-state index contributed by atoms with van der Waals surface area (Å²) in [7, 11) is 0. The second-order valence-electron chi connectivity index (χ2n) is 5.90. The maximum Gasteiger partial charge on any atom is 0.323 e. The van der Waals surface area contributed by atoms with Crippen LogP contribution in [-0.4, -0.2) is 54.5 Å². The molecule has 3 aliphatic rings. The minimum atomic E-state index is -1.17. The number of amides is 2. The van der Waals surface area contributed by atoms with E-state index in [0.29, 0.717) is 4.32 Å². The summed E-state index contributed by atoms with van der Waals surface area (Å²) < 4.78 is 0.688. The van der Waals surface area contributed by atoms with E-state index >= 15 is 0 Å². The van der Waals surface area contributed by atoms with E-state index in [-0.39, 0.29) is 16.5 Å². The fraction of sp³-hybridized carbons (Fsp3) is 0.667. The van der Waals surface area contributed by atoms with Gasteiger partial charge in [-0.05, 0) is 5.41 Å². The van der Waals surface area contributed by atoms with Crippen molar-refractivity contribution in [3.05, 3.63) is 0 Å². The van der Waals surface area contributed by atoms with Crippen molar-refractivity contribution in [2.75, 3.05) is 6.54 Å². The van der Waals surface area contributed by atoms with E-state index in [0.717, 1.165) is 4.90 Å². The van der Waals surface area contributed by atoms with Crippen LogP contribution < -0.4 is 5.32 Å². The van der Waals surface area contributed by atoms with E-state index in [4.69, 9.17) is 17.3 Å². The maximum atomic E-state index is 12.5. The Kier molecular flexibility index (Phi) is 3.49. The molecule has 0 aromatic rings. The monoisotopic (exact) mass is 346 g/mol. The van der Waals surface area contributed by atoms with Gasteiger partial charge in [0.05, 0.1) is 16.5 Å². The number of aliphatic carboxylic acids is 1. The number of fused-ring (bicyclic) bond motifs is 2. The summed E-state index contributed by atoms with van der Waals surface area (Å²) in [6, 6.07) is 0. The van der Waals surface area contributed by atoms with Crippen molar-refractivity contribution >= 4 is 57.8 Å². The molecule has 6 nitrogen and oxygen atoms in total. The van der Waals surface area contributed by atoms with Crippen molar-refractivity contribution in [3.8, 4) is 0 Å². The average molecular weight is 346 g/mol. The highest BCUT2D eigenvalue weighted by Gasteiger charge is 2.63. The van der Waals surface area contributed by atoms with Crippen LogP contribution in [0.25, 0.3) is 0 Å². The molecule has 9 heteroatoms. The van der Waals surface area contributed by atoms with E-state index in [2.05, 4.69) is 5.32 Å². The summed E-state index contributed by atoms with van der Waals surface area (Å²) in [4.78, 5) is 36.7. The maximum absolute atomic E-state index is 12.5. The highest BCUT2D eigenvalue weighted by molar-refractivity contribution is 8.24. The number of hydrogen-bond donors (Lipinski definition) is 2. The van der Waals surface area contributed by atoms with Gasteiger partial charge in [-0.25, -0.2) is 0 Å². The van der Waals surface area contributed by atoms with Crippen LogP contribution in [0.4, 0.5) is 0 Å². The minimum Gasteiger partial charge on any atom is -0.480 e. The lowest BCUT2D eigenvalue weighted by molar-refractivity contribution is -0.149. The number of nitrogens with one attached hydrogen (secondary N) is 1. The third-order valence-corrected chi connectivity index (χ3v) is 7.73. The molecule has 0 unspecified atom stereocenters. The summed E-state index contributed by atoms with van der Waals surface area (Å²) in [6.07, 6.45) is 0. The van der Waals surface area contributed by atoms with Gasteiger partial charge in [-0.15, -0.1) is 11.8 Å². The van der Waals surface area contributed by atoms with Crippen LogP contribution in [0, 0.1) is 11.3 Å². The number of carbonyl (C=O) groups excluding carboxylic acids is 2. The van der Waals surface area contributed by atoms with Crippen LogP contribution in [-0.2, 0) is 14.4 Å². The van der Waals surface area contributed by atoms with Crippen LogP contribution in [0.2, 0.25) is 0 Å². The van der Waals surface area contributed by atoms with Gasteiger partial charge in [-0.3, -0.25) is 19.3 Å². The molecule has 4 atom stereocenters. The Balaban J connectivity index is 1.95. The minimum absolute atomic E-state index is 0.0136. The van der Waals surface area contributed by atoms with Gasteiger partial charge in [0.2, 0.25) is 11.8 Å². The zero-order valence-electron chi connectivity index (χ0n) is 11.4. The normalized spacial score (nSPS) is 37.2. The molecule has 0 aromatic carbocycles. The van der Waals surface area contributed by atoms with Gasteiger partial charge in [0.15, 0.2) is 0 Å². The fourth-order valence-corrected chi connectivity index (χ4v) is 7.10. The Morgan fingerprint density at radius 1 is 1.43 bits per heavy atom. The van der Waals surface area contributed by atoms with E-state index in [1.54, 1.807) is 0 Å². The van der Waals surface area contributed by atoms with Gasteiger partial charge in [0.25, 0.3) is 0 Å². The smallest absolute Gasteiger partial charge is 0.323 e. The number of carboxylic acids is 1. The first-order valence-corrected chi connectivity index (χ1v) is 8.66.